The summed E-state index contributed by atoms with van der Waals surface area (Å²) in [5, 5.41) is 0. The Morgan fingerprint density at radius 2 is 2.00 bits per heavy atom. The van der Waals surface area contributed by atoms with Crippen molar-refractivity contribution in [3.8, 4) is 5.75 Å². The lowest BCUT2D eigenvalue weighted by molar-refractivity contribution is -0.129. The van der Waals surface area contributed by atoms with Gasteiger partial charge in [-0.3, -0.25) is 9.69 Å². The molecular weight excluding hydrogens is 476 g/mol. The maximum Gasteiger partial charge on any atom is 0.288 e. The number of benzene rings is 2. The average Bonchev–Trinajstić information content (AvgIpc) is 2.88. The zero-order valence-electron chi connectivity index (χ0n) is 15.8. The second-order valence-corrected chi connectivity index (χ2v) is 7.52. The molecule has 0 fully saturated rings. The summed E-state index contributed by atoms with van der Waals surface area (Å²) in [4.78, 5) is 19.2. The fourth-order valence-corrected chi connectivity index (χ4v) is 3.61. The zero-order chi connectivity index (χ0) is 20.5. The number of hydrogen-bond donors (Lipinski definition) is 1. The highest BCUT2D eigenvalue weighted by Crippen LogP contribution is 2.41. The number of nitrogens with two attached hydrogens (primary N) is 1. The Morgan fingerprint density at radius 1 is 1.29 bits per heavy atom. The highest BCUT2D eigenvalue weighted by Gasteiger charge is 2.49. The van der Waals surface area contributed by atoms with Crippen LogP contribution in [0.3, 0.4) is 0 Å². The standard InChI is InChI=1S/C20H21FIN3O3/c1-12-9-15(7-8-16(12)28-18(21)22)20(17(26)25(2)19(23)24-20)14-6-4-5-13(10-14)11-27-3/h4-10,18H,11H2,1-3H3,(H2,23,24). The van der Waals surface area contributed by atoms with E-state index in [-0.39, 0.29) is 11.9 Å². The predicted molar refractivity (Wildman–Crippen MR) is 113 cm³/mol. The van der Waals surface area contributed by atoms with Crippen molar-refractivity contribution in [2.75, 3.05) is 14.2 Å². The van der Waals surface area contributed by atoms with Gasteiger partial charge in [0.1, 0.15) is 5.75 Å². The molecule has 2 aromatic carbocycles. The van der Waals surface area contributed by atoms with Gasteiger partial charge in [0, 0.05) is 36.7 Å². The molecule has 0 radical (unpaired) electrons. The van der Waals surface area contributed by atoms with Crippen molar-refractivity contribution < 1.29 is 18.7 Å². The van der Waals surface area contributed by atoms with Crippen LogP contribution in [0.2, 0.25) is 0 Å². The highest BCUT2D eigenvalue weighted by molar-refractivity contribution is 14.1. The molecule has 2 aromatic rings. The number of amides is 1. The Bertz CT molecular complexity index is 935. The Balaban J connectivity index is 2.18. The van der Waals surface area contributed by atoms with Gasteiger partial charge in [-0.25, -0.2) is 4.99 Å². The molecule has 0 aromatic heterocycles. The summed E-state index contributed by atoms with van der Waals surface area (Å²) in [6, 6.07) is 12.7. The molecule has 1 aliphatic heterocycles. The van der Waals surface area contributed by atoms with E-state index >= 15 is 0 Å². The monoisotopic (exact) mass is 497 g/mol. The number of rotatable bonds is 6. The van der Waals surface area contributed by atoms with Crippen LogP contribution >= 0.6 is 22.6 Å². The van der Waals surface area contributed by atoms with Crippen molar-refractivity contribution in [2.24, 2.45) is 10.7 Å². The van der Waals surface area contributed by atoms with E-state index in [1.165, 1.54) is 4.90 Å². The van der Waals surface area contributed by atoms with Crippen LogP contribution in [-0.2, 0) is 21.7 Å². The Kier molecular flexibility index (Phi) is 5.90. The van der Waals surface area contributed by atoms with E-state index in [1.807, 2.05) is 24.3 Å². The van der Waals surface area contributed by atoms with Gasteiger partial charge < -0.3 is 15.2 Å². The first kappa shape index (κ1) is 20.5. The van der Waals surface area contributed by atoms with Crippen molar-refractivity contribution in [3.05, 3.63) is 64.7 Å². The second-order valence-electron chi connectivity index (χ2n) is 6.54. The number of guanidine groups is 1. The number of halogens is 2. The SMILES string of the molecule is COCc1cccc(C2(c3ccc(OC(F)I)c(C)c3)N=C(N)N(C)C2=O)c1. The molecule has 0 aliphatic carbocycles. The van der Waals surface area contributed by atoms with E-state index in [9.17, 15) is 9.18 Å². The Hall–Kier alpha value is -2.20. The lowest BCUT2D eigenvalue weighted by Crippen LogP contribution is -2.41. The molecule has 148 valence electrons. The minimum Gasteiger partial charge on any atom is -0.451 e. The first-order chi connectivity index (χ1) is 13.3. The topological polar surface area (TPSA) is 77.2 Å². The zero-order valence-corrected chi connectivity index (χ0v) is 17.9. The van der Waals surface area contributed by atoms with Gasteiger partial charge in [-0.05, 0) is 41.3 Å². The molecule has 1 amide bonds. The number of carbonyl (C=O) groups is 1. The van der Waals surface area contributed by atoms with Gasteiger partial charge in [-0.15, -0.1) is 0 Å². The quantitative estimate of drug-likeness (QED) is 0.491. The van der Waals surface area contributed by atoms with Gasteiger partial charge in [-0.2, -0.15) is 4.39 Å². The minimum atomic E-state index is -1.46. The lowest BCUT2D eigenvalue weighted by atomic mass is 9.81. The normalized spacial score (nSPS) is 20.2. The van der Waals surface area contributed by atoms with Gasteiger partial charge in [-0.1, -0.05) is 30.3 Å². The first-order valence-corrected chi connectivity index (χ1v) is 9.82. The number of nitrogens with zero attached hydrogens (tertiary/aromatic N) is 2. The lowest BCUT2D eigenvalue weighted by Gasteiger charge is -2.27. The van der Waals surface area contributed by atoms with Crippen molar-refractivity contribution in [3.63, 3.8) is 0 Å². The number of ether oxygens (including phenoxy) is 2. The number of hydrogen-bond acceptors (Lipinski definition) is 5. The van der Waals surface area contributed by atoms with Crippen LogP contribution in [0.4, 0.5) is 4.39 Å². The molecule has 2 unspecified atom stereocenters. The molecule has 0 bridgehead atoms. The highest BCUT2D eigenvalue weighted by atomic mass is 127. The molecule has 0 saturated heterocycles. The summed E-state index contributed by atoms with van der Waals surface area (Å²) in [6.45, 7) is 2.20. The molecule has 8 heteroatoms. The summed E-state index contributed by atoms with van der Waals surface area (Å²) < 4.78 is 22.2. The van der Waals surface area contributed by atoms with Crippen LogP contribution in [0, 0.1) is 6.92 Å². The molecule has 2 atom stereocenters. The predicted octanol–water partition coefficient (Wildman–Crippen LogP) is 3.24. The minimum absolute atomic E-state index is 0.135. The smallest absolute Gasteiger partial charge is 0.288 e. The Labute approximate surface area is 176 Å². The number of aryl methyl sites for hydroxylation is 1. The summed E-state index contributed by atoms with van der Waals surface area (Å²) in [6.07, 6.45) is 0. The molecule has 3 rings (SSSR count). The van der Waals surface area contributed by atoms with Crippen LogP contribution in [0.1, 0.15) is 22.3 Å². The van der Waals surface area contributed by atoms with Crippen LogP contribution in [0.25, 0.3) is 0 Å². The molecule has 2 N–H and O–H groups in total. The van der Waals surface area contributed by atoms with Crippen LogP contribution < -0.4 is 10.5 Å². The molecule has 6 nitrogen and oxygen atoms in total. The largest absolute Gasteiger partial charge is 0.451 e. The number of methoxy groups -OCH3 is 1. The van der Waals surface area contributed by atoms with E-state index < -0.39 is 9.90 Å². The van der Waals surface area contributed by atoms with Gasteiger partial charge >= 0.3 is 0 Å². The van der Waals surface area contributed by atoms with Gasteiger partial charge in [0.2, 0.25) is 0 Å². The molecule has 1 heterocycles. The van der Waals surface area contributed by atoms with E-state index in [0.717, 1.165) is 5.56 Å². The number of aliphatic imine (C=N–C) groups is 1. The van der Waals surface area contributed by atoms with E-state index in [0.29, 0.717) is 29.0 Å². The third kappa shape index (κ3) is 3.58. The maximum absolute atomic E-state index is 13.3. The third-order valence-corrected chi connectivity index (χ3v) is 4.96. The summed E-state index contributed by atoms with van der Waals surface area (Å²) in [7, 11) is 3.20. The average molecular weight is 497 g/mol. The fourth-order valence-electron chi connectivity index (χ4n) is 3.34. The number of likely N-dealkylation sites (N-methyl/N-ethyl adjacent to an activating group) is 1. The van der Waals surface area contributed by atoms with Gasteiger partial charge in [0.25, 0.3) is 10.3 Å². The van der Waals surface area contributed by atoms with Gasteiger partial charge in [0.15, 0.2) is 11.5 Å². The first-order valence-electron chi connectivity index (χ1n) is 8.57. The summed E-state index contributed by atoms with van der Waals surface area (Å²) >= 11 is 1.54. The molecule has 0 saturated carbocycles. The van der Waals surface area contributed by atoms with Crippen molar-refractivity contribution in [1.29, 1.82) is 0 Å². The maximum atomic E-state index is 13.3. The number of carbonyl (C=O) groups excluding carboxylic acids is 1. The van der Waals surface area contributed by atoms with E-state index in [4.69, 9.17) is 15.2 Å². The van der Waals surface area contributed by atoms with Crippen LogP contribution in [-0.4, -0.2) is 35.3 Å². The Morgan fingerprint density at radius 3 is 2.57 bits per heavy atom. The van der Waals surface area contributed by atoms with Crippen molar-refractivity contribution >= 4 is 34.5 Å². The molecular formula is C20H21FIN3O3. The van der Waals surface area contributed by atoms with E-state index in [1.54, 1.807) is 61.9 Å². The van der Waals surface area contributed by atoms with E-state index in [2.05, 4.69) is 4.99 Å². The second kappa shape index (κ2) is 8.04. The van der Waals surface area contributed by atoms with Crippen LogP contribution in [0.5, 0.6) is 5.75 Å². The number of alkyl halides is 2. The van der Waals surface area contributed by atoms with Gasteiger partial charge in [0.05, 0.1) is 6.61 Å². The molecule has 0 spiro atoms. The molecule has 28 heavy (non-hydrogen) atoms. The summed E-state index contributed by atoms with van der Waals surface area (Å²) in [5.74, 6) is 0.283. The van der Waals surface area contributed by atoms with Crippen molar-refractivity contribution in [1.82, 2.24) is 4.90 Å². The fraction of sp³-hybridized carbons (Fsp3) is 0.300. The van der Waals surface area contributed by atoms with Crippen LogP contribution in [0.15, 0.2) is 47.5 Å². The molecule has 1 aliphatic rings. The van der Waals surface area contributed by atoms with Crippen molar-refractivity contribution in [2.45, 2.75) is 23.4 Å². The third-order valence-electron chi connectivity index (χ3n) is 4.70. The summed E-state index contributed by atoms with van der Waals surface area (Å²) in [5.41, 5.74) is 7.62.